The number of hydrogen-bond acceptors (Lipinski definition) is 4. The molecule has 0 heterocycles. The second-order valence-corrected chi connectivity index (χ2v) is 9.07. The average Bonchev–Trinajstić information content (AvgIpc) is 3.28. The highest BCUT2D eigenvalue weighted by molar-refractivity contribution is 5.75. The van der Waals surface area contributed by atoms with Gasteiger partial charge in [0.1, 0.15) is 0 Å². The van der Waals surface area contributed by atoms with Crippen LogP contribution in [0.2, 0.25) is 0 Å². The van der Waals surface area contributed by atoms with Crippen LogP contribution in [0.5, 0.6) is 0 Å². The number of benzene rings is 4. The Hall–Kier alpha value is -3.92. The monoisotopic (exact) mass is 540 g/mol. The lowest BCUT2D eigenvalue weighted by atomic mass is 9.67. The molecule has 5 rings (SSSR count). The number of nitrogens with two attached hydrogens (primary N) is 4. The molecule has 216 valence electrons. The summed E-state index contributed by atoms with van der Waals surface area (Å²) in [5, 5.41) is 0. The zero-order chi connectivity index (χ0) is 30.5. The maximum atomic E-state index is 6.76. The molecule has 40 heavy (non-hydrogen) atoms. The van der Waals surface area contributed by atoms with Crippen molar-refractivity contribution in [3.8, 4) is 0 Å². The number of hydrogen-bond donors (Lipinski definition) is 4. The molecule has 1 aliphatic carbocycles. The number of fused-ring (bicyclic) bond motifs is 1. The van der Waals surface area contributed by atoms with E-state index in [1.807, 2.05) is 85.7 Å². The first-order chi connectivity index (χ1) is 19.3. The molecule has 2 atom stereocenters. The second-order valence-electron chi connectivity index (χ2n) is 9.07. The first kappa shape index (κ1) is 34.1. The molecule has 0 bridgehead atoms. The number of nitrogen functional groups attached to an aromatic ring is 4. The normalized spacial score (nSPS) is 18.1. The van der Waals surface area contributed by atoms with Gasteiger partial charge in [-0.3, -0.25) is 0 Å². The van der Waals surface area contributed by atoms with Crippen LogP contribution in [0.1, 0.15) is 96.6 Å². The van der Waals surface area contributed by atoms with E-state index in [9.17, 15) is 0 Å². The van der Waals surface area contributed by atoms with Gasteiger partial charge in [-0.05, 0) is 64.6 Å². The summed E-state index contributed by atoms with van der Waals surface area (Å²) >= 11 is 0. The molecule has 0 saturated carbocycles. The molecule has 0 radical (unpaired) electrons. The summed E-state index contributed by atoms with van der Waals surface area (Å²) in [6.45, 7) is 18.3. The standard InChI is InChI=1S/C28H28N4.4C2H6/c1-27(18-8-4-2-5-9-18)17-28(19-10-6-3-7-11-19,20-12-21(29)14-22(30)13-20)26-24(27)15-23(31)16-25(26)32;4*1-2/h2-16H,17,29-32H2,1H3;4*1-2H3. The van der Waals surface area contributed by atoms with Gasteiger partial charge in [0.05, 0.1) is 0 Å². The first-order valence-electron chi connectivity index (χ1n) is 14.8. The van der Waals surface area contributed by atoms with Crippen LogP contribution in [0.25, 0.3) is 0 Å². The molecule has 0 fully saturated rings. The molecule has 4 nitrogen and oxygen atoms in total. The lowest BCUT2D eigenvalue weighted by molar-refractivity contribution is 0.473. The van der Waals surface area contributed by atoms with Gasteiger partial charge in [-0.15, -0.1) is 0 Å². The molecule has 4 heteroatoms. The summed E-state index contributed by atoms with van der Waals surface area (Å²) in [5.41, 5.74) is 33.1. The molecular weight excluding hydrogens is 488 g/mol. The van der Waals surface area contributed by atoms with Crippen molar-refractivity contribution in [2.24, 2.45) is 0 Å². The number of anilines is 4. The Kier molecular flexibility index (Phi) is 13.3. The Balaban J connectivity index is 0.000000921. The Labute approximate surface area is 243 Å². The van der Waals surface area contributed by atoms with Gasteiger partial charge in [-0.2, -0.15) is 0 Å². The fourth-order valence-electron chi connectivity index (χ4n) is 5.68. The Morgan fingerprint density at radius 2 is 0.925 bits per heavy atom. The lowest BCUT2D eigenvalue weighted by Gasteiger charge is -2.35. The van der Waals surface area contributed by atoms with Crippen LogP contribution in [0.3, 0.4) is 0 Å². The average molecular weight is 541 g/mol. The molecule has 4 aromatic rings. The van der Waals surface area contributed by atoms with Gasteiger partial charge in [0.25, 0.3) is 0 Å². The highest BCUT2D eigenvalue weighted by Gasteiger charge is 2.53. The van der Waals surface area contributed by atoms with Gasteiger partial charge in [-0.25, -0.2) is 0 Å². The zero-order valence-electron chi connectivity index (χ0n) is 26.2. The van der Waals surface area contributed by atoms with Gasteiger partial charge >= 0.3 is 0 Å². The molecule has 4 aromatic carbocycles. The predicted molar refractivity (Wildman–Crippen MR) is 180 cm³/mol. The van der Waals surface area contributed by atoms with Crippen molar-refractivity contribution in [2.75, 3.05) is 22.9 Å². The topological polar surface area (TPSA) is 104 Å². The van der Waals surface area contributed by atoms with Crippen LogP contribution >= 0.6 is 0 Å². The van der Waals surface area contributed by atoms with Gasteiger partial charge in [-0.1, -0.05) is 123 Å². The Morgan fingerprint density at radius 1 is 0.500 bits per heavy atom. The van der Waals surface area contributed by atoms with Crippen LogP contribution in [-0.4, -0.2) is 0 Å². The quantitative estimate of drug-likeness (QED) is 0.194. The summed E-state index contributed by atoms with van der Waals surface area (Å²) < 4.78 is 0. The molecule has 0 saturated heterocycles. The largest absolute Gasteiger partial charge is 0.399 e. The zero-order valence-corrected chi connectivity index (χ0v) is 26.2. The van der Waals surface area contributed by atoms with Crippen molar-refractivity contribution in [2.45, 2.75) is 79.6 Å². The third-order valence-electron chi connectivity index (χ3n) is 6.98. The van der Waals surface area contributed by atoms with E-state index in [2.05, 4.69) is 61.5 Å². The highest BCUT2D eigenvalue weighted by Crippen LogP contribution is 2.60. The van der Waals surface area contributed by atoms with Crippen molar-refractivity contribution in [3.05, 3.63) is 119 Å². The summed E-state index contributed by atoms with van der Waals surface area (Å²) in [6.07, 6.45) is 0.778. The van der Waals surface area contributed by atoms with Gasteiger partial charge < -0.3 is 22.9 Å². The summed E-state index contributed by atoms with van der Waals surface area (Å²) in [7, 11) is 0. The molecule has 2 unspecified atom stereocenters. The van der Waals surface area contributed by atoms with Crippen molar-refractivity contribution < 1.29 is 0 Å². The Morgan fingerprint density at radius 3 is 1.40 bits per heavy atom. The molecule has 8 N–H and O–H groups in total. The first-order valence-corrected chi connectivity index (χ1v) is 14.8. The van der Waals surface area contributed by atoms with Gasteiger partial charge in [0, 0.05) is 33.6 Å². The number of rotatable bonds is 3. The van der Waals surface area contributed by atoms with Crippen LogP contribution in [0.4, 0.5) is 22.7 Å². The third-order valence-corrected chi connectivity index (χ3v) is 6.98. The van der Waals surface area contributed by atoms with E-state index >= 15 is 0 Å². The van der Waals surface area contributed by atoms with E-state index < -0.39 is 5.41 Å². The summed E-state index contributed by atoms with van der Waals surface area (Å²) in [4.78, 5) is 0. The van der Waals surface area contributed by atoms with E-state index in [1.165, 1.54) is 5.56 Å². The Bertz CT molecular complexity index is 1280. The lowest BCUT2D eigenvalue weighted by Crippen LogP contribution is -2.31. The maximum Gasteiger partial charge on any atom is 0.0487 e. The smallest absolute Gasteiger partial charge is 0.0487 e. The van der Waals surface area contributed by atoms with Crippen molar-refractivity contribution >= 4 is 22.7 Å². The van der Waals surface area contributed by atoms with E-state index in [0.717, 1.165) is 28.7 Å². The van der Waals surface area contributed by atoms with Gasteiger partial charge in [0.15, 0.2) is 0 Å². The summed E-state index contributed by atoms with van der Waals surface area (Å²) in [5.74, 6) is 0. The highest BCUT2D eigenvalue weighted by atomic mass is 14.7. The minimum Gasteiger partial charge on any atom is -0.399 e. The van der Waals surface area contributed by atoms with Crippen LogP contribution < -0.4 is 22.9 Å². The van der Waals surface area contributed by atoms with Crippen molar-refractivity contribution in [1.29, 1.82) is 0 Å². The molecule has 0 amide bonds. The van der Waals surface area contributed by atoms with Crippen LogP contribution in [0.15, 0.2) is 91.0 Å². The SMILES string of the molecule is CC.CC.CC.CC.CC1(c2ccccc2)CC(c2ccccc2)(c2cc(N)cc(N)c2)c2c(N)cc(N)cc21. The molecule has 0 aliphatic heterocycles. The van der Waals surface area contributed by atoms with Crippen molar-refractivity contribution in [3.63, 3.8) is 0 Å². The van der Waals surface area contributed by atoms with Crippen LogP contribution in [-0.2, 0) is 10.8 Å². The van der Waals surface area contributed by atoms with Gasteiger partial charge in [0.2, 0.25) is 0 Å². The van der Waals surface area contributed by atoms with Crippen molar-refractivity contribution in [1.82, 2.24) is 0 Å². The maximum absolute atomic E-state index is 6.76. The molecule has 1 aliphatic rings. The summed E-state index contributed by atoms with van der Waals surface area (Å²) in [6, 6.07) is 30.8. The van der Waals surface area contributed by atoms with E-state index in [1.54, 1.807) is 6.07 Å². The second kappa shape index (κ2) is 15.6. The fourth-order valence-corrected chi connectivity index (χ4v) is 5.68. The van der Waals surface area contributed by atoms with Crippen LogP contribution in [0, 0.1) is 0 Å². The van der Waals surface area contributed by atoms with E-state index in [0.29, 0.717) is 22.7 Å². The van der Waals surface area contributed by atoms with E-state index in [-0.39, 0.29) is 5.41 Å². The fraction of sp³-hybridized carbons (Fsp3) is 0.333. The van der Waals surface area contributed by atoms with E-state index in [4.69, 9.17) is 22.9 Å². The third kappa shape index (κ3) is 6.44. The minimum absolute atomic E-state index is 0.310. The predicted octanol–water partition coefficient (Wildman–Crippen LogP) is 9.16. The molecule has 0 aromatic heterocycles. The minimum atomic E-state index is -0.525. The molecule has 0 spiro atoms. The molecular formula is C36H52N4.